The molecule has 0 spiro atoms. The van der Waals surface area contributed by atoms with E-state index < -0.39 is 0 Å². The summed E-state index contributed by atoms with van der Waals surface area (Å²) in [5.41, 5.74) is 12.2. The quantitative estimate of drug-likeness (QED) is 0.234. The zero-order chi connectivity index (χ0) is 25.5. The lowest BCUT2D eigenvalue weighted by Gasteiger charge is -2.43. The van der Waals surface area contributed by atoms with E-state index in [1.54, 1.807) is 12.5 Å². The maximum absolute atomic E-state index is 6.19. The second kappa shape index (κ2) is 7.68. The van der Waals surface area contributed by atoms with E-state index >= 15 is 0 Å². The zero-order valence-corrected chi connectivity index (χ0v) is 20.9. The summed E-state index contributed by atoms with van der Waals surface area (Å²) < 4.78 is 12.4. The molecule has 182 valence electrons. The Bertz CT molecular complexity index is 1900. The summed E-state index contributed by atoms with van der Waals surface area (Å²) in [5.74, 6) is 0. The predicted octanol–water partition coefficient (Wildman–Crippen LogP) is 7.26. The van der Waals surface area contributed by atoms with Crippen LogP contribution in [0.15, 0.2) is 137 Å². The van der Waals surface area contributed by atoms with Crippen molar-refractivity contribution in [2.75, 3.05) is 9.80 Å². The molecule has 0 fully saturated rings. The van der Waals surface area contributed by atoms with Gasteiger partial charge in [-0.2, -0.15) is 0 Å². The first-order valence-corrected chi connectivity index (χ1v) is 13.2. The minimum absolute atomic E-state index is 0.0186. The van der Waals surface area contributed by atoms with Gasteiger partial charge in [0.2, 0.25) is 0 Å². The van der Waals surface area contributed by atoms with Gasteiger partial charge in [-0.15, -0.1) is 0 Å². The van der Waals surface area contributed by atoms with Gasteiger partial charge in [0.15, 0.2) is 11.2 Å². The Hall–Kier alpha value is -5.16. The molecule has 0 saturated heterocycles. The predicted molar refractivity (Wildman–Crippen MR) is 160 cm³/mol. The molecule has 9 rings (SSSR count). The van der Waals surface area contributed by atoms with Gasteiger partial charge in [-0.3, -0.25) is 0 Å². The van der Waals surface area contributed by atoms with Gasteiger partial charge in [-0.25, -0.2) is 0 Å². The first-order valence-electron chi connectivity index (χ1n) is 13.2. The van der Waals surface area contributed by atoms with Crippen LogP contribution in [0.2, 0.25) is 0 Å². The molecule has 0 unspecified atom stereocenters. The second-order valence-corrected chi connectivity index (χ2v) is 10.2. The Morgan fingerprint density at radius 1 is 0.462 bits per heavy atom. The third-order valence-corrected chi connectivity index (χ3v) is 8.18. The van der Waals surface area contributed by atoms with E-state index in [1.165, 1.54) is 16.4 Å². The van der Waals surface area contributed by atoms with Crippen LogP contribution in [0.25, 0.3) is 21.9 Å². The molecule has 39 heavy (non-hydrogen) atoms. The molecule has 0 N–H and O–H groups in total. The normalized spacial score (nSPS) is 13.5. The maximum Gasteiger partial charge on any atom is 0.252 e. The molecule has 0 radical (unpaired) electrons. The molecule has 0 saturated carbocycles. The SMILES string of the molecule is c1ccc(N2c3cccc4c3B(c3ccc5ccoc5c32)c2ccc3ccoc3c2N4c2ccccc2)cc1. The van der Waals surface area contributed by atoms with E-state index in [9.17, 15) is 0 Å². The Balaban J connectivity index is 1.45. The van der Waals surface area contributed by atoms with E-state index in [1.807, 2.05) is 12.1 Å². The fraction of sp³-hybridized carbons (Fsp3) is 0. The van der Waals surface area contributed by atoms with Crippen molar-refractivity contribution in [3.8, 4) is 0 Å². The largest absolute Gasteiger partial charge is 0.462 e. The summed E-state index contributed by atoms with van der Waals surface area (Å²) >= 11 is 0. The molecule has 0 amide bonds. The first kappa shape index (κ1) is 20.9. The van der Waals surface area contributed by atoms with Crippen LogP contribution in [0, 0.1) is 0 Å². The van der Waals surface area contributed by atoms with Gasteiger partial charge < -0.3 is 18.6 Å². The Kier molecular flexibility index (Phi) is 4.11. The van der Waals surface area contributed by atoms with Crippen molar-refractivity contribution in [1.82, 2.24) is 0 Å². The lowest BCUT2D eigenvalue weighted by Crippen LogP contribution is -2.61. The van der Waals surface area contributed by atoms with Gasteiger partial charge in [0.05, 0.1) is 23.9 Å². The number of anilines is 6. The third-order valence-electron chi connectivity index (χ3n) is 8.18. The topological polar surface area (TPSA) is 32.8 Å². The first-order chi connectivity index (χ1) is 19.4. The smallest absolute Gasteiger partial charge is 0.252 e. The molecule has 4 nitrogen and oxygen atoms in total. The highest BCUT2D eigenvalue weighted by Gasteiger charge is 2.45. The van der Waals surface area contributed by atoms with Crippen molar-refractivity contribution in [3.63, 3.8) is 0 Å². The molecule has 2 aliphatic rings. The number of benzene rings is 5. The van der Waals surface area contributed by atoms with Crippen LogP contribution >= 0.6 is 0 Å². The molecule has 0 atom stereocenters. The van der Waals surface area contributed by atoms with E-state index in [0.29, 0.717) is 0 Å². The number of furan rings is 2. The van der Waals surface area contributed by atoms with Crippen molar-refractivity contribution in [2.24, 2.45) is 0 Å². The second-order valence-electron chi connectivity index (χ2n) is 10.2. The van der Waals surface area contributed by atoms with Crippen molar-refractivity contribution >= 4 is 79.2 Å². The number of hydrogen-bond donors (Lipinski definition) is 0. The number of rotatable bonds is 2. The molecule has 7 aromatic rings. The minimum Gasteiger partial charge on any atom is -0.462 e. The summed E-state index contributed by atoms with van der Waals surface area (Å²) in [6.07, 6.45) is 3.58. The summed E-state index contributed by atoms with van der Waals surface area (Å²) in [7, 11) is 0. The van der Waals surface area contributed by atoms with E-state index in [4.69, 9.17) is 8.83 Å². The lowest BCUT2D eigenvalue weighted by atomic mass is 9.33. The van der Waals surface area contributed by atoms with Crippen LogP contribution in [-0.2, 0) is 0 Å². The van der Waals surface area contributed by atoms with Crippen LogP contribution in [0.4, 0.5) is 34.1 Å². The monoisotopic (exact) mass is 500 g/mol. The summed E-state index contributed by atoms with van der Waals surface area (Å²) in [6, 6.07) is 40.8. The van der Waals surface area contributed by atoms with Crippen molar-refractivity contribution in [3.05, 3.63) is 128 Å². The standard InChI is InChI=1S/C34H21BN2O2/c1-3-8-24(9-4-1)36-28-12-7-13-29-30(28)35(26-16-14-22-18-20-38-33(22)31(26)36)27-17-15-23-19-21-39-34(23)32(27)37(29)25-10-5-2-6-11-25/h1-21H. The average molecular weight is 500 g/mol. The fourth-order valence-corrected chi connectivity index (χ4v) is 6.63. The molecule has 5 aromatic carbocycles. The molecule has 2 aromatic heterocycles. The summed E-state index contributed by atoms with van der Waals surface area (Å²) in [4.78, 5) is 4.74. The Morgan fingerprint density at radius 3 is 1.44 bits per heavy atom. The molecule has 2 aliphatic heterocycles. The Morgan fingerprint density at radius 2 is 0.949 bits per heavy atom. The molecule has 5 heteroatoms. The number of hydrogen-bond acceptors (Lipinski definition) is 4. The highest BCUT2D eigenvalue weighted by atomic mass is 16.3. The summed E-state index contributed by atoms with van der Waals surface area (Å²) in [6.45, 7) is 0.0186. The Labute approximate surface area is 225 Å². The summed E-state index contributed by atoms with van der Waals surface area (Å²) in [5, 5.41) is 2.19. The van der Waals surface area contributed by atoms with Crippen LogP contribution in [-0.4, -0.2) is 6.71 Å². The van der Waals surface area contributed by atoms with Gasteiger partial charge in [0.25, 0.3) is 6.71 Å². The van der Waals surface area contributed by atoms with E-state index in [2.05, 4.69) is 113 Å². The van der Waals surface area contributed by atoms with Crippen LogP contribution in [0.3, 0.4) is 0 Å². The van der Waals surface area contributed by atoms with Gasteiger partial charge >= 0.3 is 0 Å². The third kappa shape index (κ3) is 2.74. The van der Waals surface area contributed by atoms with Crippen LogP contribution < -0.4 is 26.2 Å². The van der Waals surface area contributed by atoms with Gasteiger partial charge in [-0.1, -0.05) is 66.7 Å². The maximum atomic E-state index is 6.19. The van der Waals surface area contributed by atoms with Gasteiger partial charge in [0.1, 0.15) is 0 Å². The van der Waals surface area contributed by atoms with Crippen molar-refractivity contribution in [1.29, 1.82) is 0 Å². The lowest BCUT2D eigenvalue weighted by molar-refractivity contribution is 0.616. The average Bonchev–Trinajstić information content (AvgIpc) is 3.68. The molecule has 4 heterocycles. The number of nitrogens with zero attached hydrogens (tertiary/aromatic N) is 2. The number of fused-ring (bicyclic) bond motifs is 8. The fourth-order valence-electron chi connectivity index (χ4n) is 6.63. The van der Waals surface area contributed by atoms with E-state index in [-0.39, 0.29) is 6.71 Å². The minimum atomic E-state index is 0.0186. The van der Waals surface area contributed by atoms with Crippen LogP contribution in [0.5, 0.6) is 0 Å². The molecular formula is C34H21BN2O2. The zero-order valence-electron chi connectivity index (χ0n) is 20.9. The number of para-hydroxylation sites is 2. The van der Waals surface area contributed by atoms with Crippen molar-refractivity contribution < 1.29 is 8.83 Å². The molecular weight excluding hydrogens is 479 g/mol. The highest BCUT2D eigenvalue weighted by molar-refractivity contribution is 7.00. The van der Waals surface area contributed by atoms with Gasteiger partial charge in [-0.05, 0) is 64.9 Å². The van der Waals surface area contributed by atoms with Crippen LogP contribution in [0.1, 0.15) is 0 Å². The van der Waals surface area contributed by atoms with E-state index in [0.717, 1.165) is 56.1 Å². The van der Waals surface area contributed by atoms with Gasteiger partial charge in [0, 0.05) is 33.5 Å². The molecule has 0 bridgehead atoms. The highest BCUT2D eigenvalue weighted by Crippen LogP contribution is 2.47. The van der Waals surface area contributed by atoms with Crippen molar-refractivity contribution in [2.45, 2.75) is 0 Å². The molecule has 0 aliphatic carbocycles.